The monoisotopic (exact) mass is 291 g/mol. The van der Waals surface area contributed by atoms with Gasteiger partial charge in [0.25, 0.3) is 0 Å². The average molecular weight is 291 g/mol. The average Bonchev–Trinajstić information content (AvgIpc) is 2.38. The van der Waals surface area contributed by atoms with Crippen LogP contribution in [-0.2, 0) is 16.6 Å². The SMILES string of the molecule is Cc1ccncc1CNc1ccc(C)c(S(N)(=O)=O)c1. The minimum absolute atomic E-state index is 0.144. The van der Waals surface area contributed by atoms with Gasteiger partial charge >= 0.3 is 0 Å². The number of nitrogens with zero attached hydrogens (tertiary/aromatic N) is 1. The largest absolute Gasteiger partial charge is 0.381 e. The number of nitrogens with two attached hydrogens (primary N) is 1. The summed E-state index contributed by atoms with van der Waals surface area (Å²) in [6.07, 6.45) is 3.53. The van der Waals surface area contributed by atoms with Crippen molar-refractivity contribution >= 4 is 15.7 Å². The minimum atomic E-state index is -3.70. The normalized spacial score (nSPS) is 11.3. The third kappa shape index (κ3) is 3.34. The molecule has 0 aliphatic rings. The molecule has 0 aliphatic heterocycles. The van der Waals surface area contributed by atoms with Crippen molar-refractivity contribution in [2.24, 2.45) is 5.14 Å². The summed E-state index contributed by atoms with van der Waals surface area (Å²) in [6.45, 7) is 4.30. The highest BCUT2D eigenvalue weighted by Gasteiger charge is 2.12. The van der Waals surface area contributed by atoms with Gasteiger partial charge in [-0.25, -0.2) is 13.6 Å². The van der Waals surface area contributed by atoms with E-state index in [0.717, 1.165) is 11.1 Å². The molecular formula is C14H17N3O2S. The predicted molar refractivity (Wildman–Crippen MR) is 78.9 cm³/mol. The smallest absolute Gasteiger partial charge is 0.238 e. The molecule has 1 aromatic heterocycles. The van der Waals surface area contributed by atoms with Crippen LogP contribution in [0.3, 0.4) is 0 Å². The van der Waals surface area contributed by atoms with E-state index >= 15 is 0 Å². The van der Waals surface area contributed by atoms with Gasteiger partial charge in [0.2, 0.25) is 10.0 Å². The number of nitrogens with one attached hydrogen (secondary N) is 1. The molecule has 3 N–H and O–H groups in total. The summed E-state index contributed by atoms with van der Waals surface area (Å²) in [4.78, 5) is 4.22. The van der Waals surface area contributed by atoms with Crippen LogP contribution in [0.2, 0.25) is 0 Å². The third-order valence-corrected chi connectivity index (χ3v) is 4.18. The maximum atomic E-state index is 11.5. The molecule has 106 valence electrons. The van der Waals surface area contributed by atoms with E-state index < -0.39 is 10.0 Å². The first kappa shape index (κ1) is 14.5. The maximum absolute atomic E-state index is 11.5. The third-order valence-electron chi connectivity index (χ3n) is 3.13. The Morgan fingerprint density at radius 1 is 1.20 bits per heavy atom. The first-order chi connectivity index (χ1) is 9.38. The quantitative estimate of drug-likeness (QED) is 0.901. The van der Waals surface area contributed by atoms with Crippen LogP contribution in [0.25, 0.3) is 0 Å². The molecule has 0 atom stereocenters. The van der Waals surface area contributed by atoms with E-state index in [1.807, 2.05) is 19.1 Å². The lowest BCUT2D eigenvalue weighted by atomic mass is 10.1. The molecule has 0 fully saturated rings. The molecule has 0 bridgehead atoms. The zero-order valence-electron chi connectivity index (χ0n) is 11.4. The number of pyridine rings is 1. The van der Waals surface area contributed by atoms with E-state index in [9.17, 15) is 8.42 Å². The standard InChI is InChI=1S/C14H17N3O2S/c1-10-5-6-16-8-12(10)9-17-13-4-3-11(2)14(7-13)20(15,18)19/h3-8,17H,9H2,1-2H3,(H2,15,18,19). The zero-order valence-corrected chi connectivity index (χ0v) is 12.2. The highest BCUT2D eigenvalue weighted by Crippen LogP contribution is 2.19. The number of anilines is 1. The van der Waals surface area contributed by atoms with Crippen LogP contribution in [-0.4, -0.2) is 13.4 Å². The number of sulfonamides is 1. The van der Waals surface area contributed by atoms with Crippen molar-refractivity contribution in [3.8, 4) is 0 Å². The molecule has 1 aromatic carbocycles. The number of hydrogen-bond acceptors (Lipinski definition) is 4. The van der Waals surface area contributed by atoms with Crippen molar-refractivity contribution in [3.05, 3.63) is 53.3 Å². The molecule has 20 heavy (non-hydrogen) atoms. The van der Waals surface area contributed by atoms with Crippen molar-refractivity contribution in [1.82, 2.24) is 4.98 Å². The molecule has 0 spiro atoms. The second-order valence-corrected chi connectivity index (χ2v) is 6.21. The molecule has 6 heteroatoms. The van der Waals surface area contributed by atoms with Gasteiger partial charge in [0.05, 0.1) is 4.90 Å². The Labute approximate surface area is 118 Å². The number of aryl methyl sites for hydroxylation is 2. The van der Waals surface area contributed by atoms with Gasteiger partial charge < -0.3 is 5.32 Å². The molecule has 0 radical (unpaired) electrons. The second-order valence-electron chi connectivity index (χ2n) is 4.68. The molecule has 1 heterocycles. The Morgan fingerprint density at radius 3 is 2.60 bits per heavy atom. The first-order valence-electron chi connectivity index (χ1n) is 6.15. The van der Waals surface area contributed by atoms with E-state index in [-0.39, 0.29) is 4.90 Å². The fourth-order valence-electron chi connectivity index (χ4n) is 1.90. The van der Waals surface area contributed by atoms with Gasteiger partial charge in [0.1, 0.15) is 0 Å². The summed E-state index contributed by atoms with van der Waals surface area (Å²) in [5.41, 5.74) is 3.54. The Balaban J connectivity index is 2.21. The lowest BCUT2D eigenvalue weighted by Gasteiger charge is -2.11. The van der Waals surface area contributed by atoms with Gasteiger partial charge in [-0.1, -0.05) is 6.07 Å². The molecule has 2 aromatic rings. The van der Waals surface area contributed by atoms with Crippen LogP contribution >= 0.6 is 0 Å². The molecule has 0 saturated carbocycles. The summed E-state index contributed by atoms with van der Waals surface area (Å²) < 4.78 is 22.9. The Bertz CT molecular complexity index is 727. The number of rotatable bonds is 4. The number of benzene rings is 1. The van der Waals surface area contributed by atoms with Crippen molar-refractivity contribution in [2.75, 3.05) is 5.32 Å². The van der Waals surface area contributed by atoms with Gasteiger partial charge in [-0.15, -0.1) is 0 Å². The van der Waals surface area contributed by atoms with E-state index in [0.29, 0.717) is 17.8 Å². The molecule has 0 unspecified atom stereocenters. The molecule has 0 aliphatic carbocycles. The van der Waals surface area contributed by atoms with Crippen LogP contribution in [0.5, 0.6) is 0 Å². The lowest BCUT2D eigenvalue weighted by molar-refractivity contribution is 0.597. The van der Waals surface area contributed by atoms with E-state index in [2.05, 4.69) is 10.3 Å². The summed E-state index contributed by atoms with van der Waals surface area (Å²) in [7, 11) is -3.70. The summed E-state index contributed by atoms with van der Waals surface area (Å²) >= 11 is 0. The van der Waals surface area contributed by atoms with Gasteiger partial charge in [0, 0.05) is 24.6 Å². The van der Waals surface area contributed by atoms with Crippen molar-refractivity contribution in [2.45, 2.75) is 25.3 Å². The van der Waals surface area contributed by atoms with Gasteiger partial charge in [-0.3, -0.25) is 4.98 Å². The van der Waals surface area contributed by atoms with Crippen LogP contribution in [0.4, 0.5) is 5.69 Å². The fourth-order valence-corrected chi connectivity index (χ4v) is 2.70. The Kier molecular flexibility index (Phi) is 4.06. The Hall–Kier alpha value is -1.92. The summed E-state index contributed by atoms with van der Waals surface area (Å²) in [6, 6.07) is 7.05. The number of primary sulfonamides is 1. The maximum Gasteiger partial charge on any atom is 0.238 e. The van der Waals surface area contributed by atoms with Crippen LogP contribution in [0, 0.1) is 13.8 Å². The Morgan fingerprint density at radius 2 is 1.95 bits per heavy atom. The predicted octanol–water partition coefficient (Wildman–Crippen LogP) is 1.96. The molecular weight excluding hydrogens is 274 g/mol. The van der Waals surface area contributed by atoms with Crippen LogP contribution < -0.4 is 10.5 Å². The van der Waals surface area contributed by atoms with E-state index in [4.69, 9.17) is 5.14 Å². The van der Waals surface area contributed by atoms with Gasteiger partial charge in [-0.05, 0) is 48.7 Å². The fraction of sp³-hybridized carbons (Fsp3) is 0.214. The molecule has 2 rings (SSSR count). The lowest BCUT2D eigenvalue weighted by Crippen LogP contribution is -2.14. The highest BCUT2D eigenvalue weighted by molar-refractivity contribution is 7.89. The van der Waals surface area contributed by atoms with Crippen molar-refractivity contribution in [1.29, 1.82) is 0 Å². The second kappa shape index (κ2) is 5.60. The van der Waals surface area contributed by atoms with Crippen LogP contribution in [0.1, 0.15) is 16.7 Å². The summed E-state index contributed by atoms with van der Waals surface area (Å²) in [5.74, 6) is 0. The van der Waals surface area contributed by atoms with Crippen LogP contribution in [0.15, 0.2) is 41.6 Å². The molecule has 0 saturated heterocycles. The topological polar surface area (TPSA) is 85.1 Å². The van der Waals surface area contributed by atoms with E-state index in [1.165, 1.54) is 0 Å². The van der Waals surface area contributed by atoms with Crippen molar-refractivity contribution in [3.63, 3.8) is 0 Å². The molecule has 5 nitrogen and oxygen atoms in total. The zero-order chi connectivity index (χ0) is 14.8. The number of aromatic nitrogens is 1. The van der Waals surface area contributed by atoms with Gasteiger partial charge in [-0.2, -0.15) is 0 Å². The molecule has 0 amide bonds. The van der Waals surface area contributed by atoms with Gasteiger partial charge in [0.15, 0.2) is 0 Å². The minimum Gasteiger partial charge on any atom is -0.381 e. The summed E-state index contributed by atoms with van der Waals surface area (Å²) in [5, 5.41) is 8.37. The van der Waals surface area contributed by atoms with E-state index in [1.54, 1.807) is 31.5 Å². The highest BCUT2D eigenvalue weighted by atomic mass is 32.2. The number of hydrogen-bond donors (Lipinski definition) is 2. The van der Waals surface area contributed by atoms with Crippen molar-refractivity contribution < 1.29 is 8.42 Å². The first-order valence-corrected chi connectivity index (χ1v) is 7.69.